The van der Waals surface area contributed by atoms with Crippen LogP contribution >= 0.6 is 35.4 Å². The van der Waals surface area contributed by atoms with Gasteiger partial charge >= 0.3 is 0 Å². The maximum absolute atomic E-state index is 11.8. The van der Waals surface area contributed by atoms with Crippen molar-refractivity contribution in [2.24, 2.45) is 5.92 Å². The molecule has 1 aliphatic heterocycles. The van der Waals surface area contributed by atoms with Gasteiger partial charge < -0.3 is 0 Å². The Balaban J connectivity index is 1.96. The van der Waals surface area contributed by atoms with Gasteiger partial charge in [0.05, 0.1) is 23.2 Å². The lowest BCUT2D eigenvalue weighted by molar-refractivity contribution is 0.196. The van der Waals surface area contributed by atoms with Crippen LogP contribution in [0, 0.1) is 10.7 Å². The standard InChI is InChI=1S/C18H24Cl2N4O2S2/c1-12(2)9-23-17(15-5-4-13(19)8-16(15)20)21-24(18(23)27)11-22(3)14-6-7-28(25,26)10-14/h4-5,8,12,14H,6-7,9-11H2,1-3H3/t14-/m1/s1. The summed E-state index contributed by atoms with van der Waals surface area (Å²) in [5.74, 6) is 1.47. The quantitative estimate of drug-likeness (QED) is 0.604. The van der Waals surface area contributed by atoms with E-state index in [1.165, 1.54) is 0 Å². The highest BCUT2D eigenvalue weighted by molar-refractivity contribution is 7.91. The molecule has 0 aliphatic carbocycles. The van der Waals surface area contributed by atoms with Gasteiger partial charge in [-0.05, 0) is 49.8 Å². The zero-order chi connectivity index (χ0) is 20.6. The monoisotopic (exact) mass is 462 g/mol. The van der Waals surface area contributed by atoms with E-state index >= 15 is 0 Å². The Kier molecular flexibility index (Phi) is 6.56. The molecule has 0 amide bonds. The van der Waals surface area contributed by atoms with Crippen LogP contribution in [0.3, 0.4) is 0 Å². The summed E-state index contributed by atoms with van der Waals surface area (Å²) in [5.41, 5.74) is 0.766. The Hall–Kier alpha value is -0.930. The number of hydrogen-bond donors (Lipinski definition) is 0. The smallest absolute Gasteiger partial charge is 0.199 e. The molecule has 0 N–H and O–H groups in total. The van der Waals surface area contributed by atoms with E-state index in [9.17, 15) is 8.42 Å². The summed E-state index contributed by atoms with van der Waals surface area (Å²) in [4.78, 5) is 2.00. The average Bonchev–Trinajstić information content (AvgIpc) is 3.09. The van der Waals surface area contributed by atoms with Gasteiger partial charge in [0.25, 0.3) is 0 Å². The molecule has 2 heterocycles. The van der Waals surface area contributed by atoms with Crippen LogP contribution in [-0.2, 0) is 23.1 Å². The molecule has 0 unspecified atom stereocenters. The molecule has 154 valence electrons. The normalized spacial score (nSPS) is 19.0. The fourth-order valence-corrected chi connectivity index (χ4v) is 5.94. The van der Waals surface area contributed by atoms with Crippen molar-refractivity contribution in [1.29, 1.82) is 0 Å². The molecule has 0 bridgehead atoms. The predicted molar refractivity (Wildman–Crippen MR) is 116 cm³/mol. The summed E-state index contributed by atoms with van der Waals surface area (Å²) in [5, 5.41) is 5.80. The van der Waals surface area contributed by atoms with Crippen LogP contribution in [0.2, 0.25) is 10.0 Å². The van der Waals surface area contributed by atoms with Gasteiger partial charge in [0, 0.05) is 23.2 Å². The summed E-state index contributed by atoms with van der Waals surface area (Å²) < 4.78 is 27.9. The van der Waals surface area contributed by atoms with Gasteiger partial charge in [-0.15, -0.1) is 0 Å². The first-order chi connectivity index (χ1) is 13.1. The number of aromatic nitrogens is 3. The molecule has 1 fully saturated rings. The average molecular weight is 463 g/mol. The summed E-state index contributed by atoms with van der Waals surface area (Å²) >= 11 is 18.1. The molecule has 1 saturated heterocycles. The summed E-state index contributed by atoms with van der Waals surface area (Å²) in [6, 6.07) is 5.29. The van der Waals surface area contributed by atoms with Crippen LogP contribution in [0.15, 0.2) is 18.2 Å². The highest BCUT2D eigenvalue weighted by Crippen LogP contribution is 2.30. The molecule has 28 heavy (non-hydrogen) atoms. The van der Waals surface area contributed by atoms with E-state index in [1.54, 1.807) is 16.8 Å². The van der Waals surface area contributed by atoms with Crippen molar-refractivity contribution < 1.29 is 8.42 Å². The maximum Gasteiger partial charge on any atom is 0.199 e. The molecule has 10 heteroatoms. The molecule has 1 aromatic heterocycles. The van der Waals surface area contributed by atoms with Crippen LogP contribution in [-0.4, -0.2) is 52.3 Å². The number of benzene rings is 1. The van der Waals surface area contributed by atoms with Crippen LogP contribution in [0.1, 0.15) is 20.3 Å². The Labute approximate surface area is 181 Å². The van der Waals surface area contributed by atoms with E-state index in [0.717, 1.165) is 5.56 Å². The van der Waals surface area contributed by atoms with Crippen molar-refractivity contribution in [2.75, 3.05) is 18.6 Å². The number of halogens is 2. The number of nitrogens with zero attached hydrogens (tertiary/aromatic N) is 4. The molecule has 1 atom stereocenters. The van der Waals surface area contributed by atoms with Gasteiger partial charge in [0.2, 0.25) is 0 Å². The Morgan fingerprint density at radius 2 is 2.07 bits per heavy atom. The fourth-order valence-electron chi connectivity index (χ4n) is 3.38. The molecule has 6 nitrogen and oxygen atoms in total. The summed E-state index contributed by atoms with van der Waals surface area (Å²) in [7, 11) is -1.04. The maximum atomic E-state index is 11.8. The molecular weight excluding hydrogens is 439 g/mol. The number of rotatable bonds is 6. The minimum Gasteiger partial charge on any atom is -0.300 e. The van der Waals surface area contributed by atoms with E-state index in [4.69, 9.17) is 40.5 Å². The summed E-state index contributed by atoms with van der Waals surface area (Å²) in [6.45, 7) is 5.35. The molecule has 1 aliphatic rings. The van der Waals surface area contributed by atoms with E-state index in [2.05, 4.69) is 13.8 Å². The minimum atomic E-state index is -2.95. The SMILES string of the molecule is CC(C)Cn1c(-c2ccc(Cl)cc2Cl)nn(CN(C)[C@@H]2CCS(=O)(=O)C2)c1=S. The van der Waals surface area contributed by atoms with Gasteiger partial charge in [-0.25, -0.2) is 13.1 Å². The van der Waals surface area contributed by atoms with Crippen LogP contribution < -0.4 is 0 Å². The lowest BCUT2D eigenvalue weighted by Gasteiger charge is -2.22. The lowest BCUT2D eigenvalue weighted by Crippen LogP contribution is -2.34. The molecule has 2 aromatic rings. The van der Waals surface area contributed by atoms with E-state index in [-0.39, 0.29) is 17.5 Å². The number of hydrogen-bond acceptors (Lipinski definition) is 5. The third kappa shape index (κ3) is 4.79. The first kappa shape index (κ1) is 21.8. The lowest BCUT2D eigenvalue weighted by atomic mass is 10.2. The second-order valence-corrected chi connectivity index (χ2v) is 11.1. The van der Waals surface area contributed by atoms with Crippen molar-refractivity contribution in [3.63, 3.8) is 0 Å². The highest BCUT2D eigenvalue weighted by atomic mass is 35.5. The topological polar surface area (TPSA) is 60.1 Å². The van der Waals surface area contributed by atoms with Gasteiger partial charge in [0.15, 0.2) is 20.4 Å². The Bertz CT molecular complexity index is 1030. The molecule has 3 rings (SSSR count). The van der Waals surface area contributed by atoms with Gasteiger partial charge in [0.1, 0.15) is 0 Å². The van der Waals surface area contributed by atoms with Gasteiger partial charge in [-0.3, -0.25) is 9.47 Å². The second-order valence-electron chi connectivity index (χ2n) is 7.69. The van der Waals surface area contributed by atoms with Crippen molar-refractivity contribution in [2.45, 2.75) is 39.5 Å². The van der Waals surface area contributed by atoms with Gasteiger partial charge in [-0.2, -0.15) is 5.10 Å². The Morgan fingerprint density at radius 3 is 2.64 bits per heavy atom. The third-order valence-electron chi connectivity index (χ3n) is 4.83. The predicted octanol–water partition coefficient (Wildman–Crippen LogP) is 4.12. The van der Waals surface area contributed by atoms with Crippen LogP contribution in [0.25, 0.3) is 11.4 Å². The third-order valence-corrected chi connectivity index (χ3v) is 7.56. The van der Waals surface area contributed by atoms with Crippen LogP contribution in [0.5, 0.6) is 0 Å². The van der Waals surface area contributed by atoms with Gasteiger partial charge in [-0.1, -0.05) is 37.0 Å². The van der Waals surface area contributed by atoms with Crippen molar-refractivity contribution in [3.8, 4) is 11.4 Å². The second kappa shape index (κ2) is 8.44. The molecule has 1 aromatic carbocycles. The summed E-state index contributed by atoms with van der Waals surface area (Å²) in [6.07, 6.45) is 0.634. The number of sulfone groups is 1. The fraction of sp³-hybridized carbons (Fsp3) is 0.556. The highest BCUT2D eigenvalue weighted by Gasteiger charge is 2.31. The zero-order valence-corrected chi connectivity index (χ0v) is 19.2. The first-order valence-corrected chi connectivity index (χ1v) is 12.1. The first-order valence-electron chi connectivity index (χ1n) is 9.11. The Morgan fingerprint density at radius 1 is 1.36 bits per heavy atom. The largest absolute Gasteiger partial charge is 0.300 e. The molecule has 0 saturated carbocycles. The molecule has 0 spiro atoms. The van der Waals surface area contributed by atoms with E-state index in [0.29, 0.717) is 46.2 Å². The van der Waals surface area contributed by atoms with Crippen LogP contribution in [0.4, 0.5) is 0 Å². The van der Waals surface area contributed by atoms with Crippen molar-refractivity contribution >= 4 is 45.3 Å². The molecular formula is C18H24Cl2N4O2S2. The molecule has 0 radical (unpaired) electrons. The van der Waals surface area contributed by atoms with E-state index in [1.807, 2.05) is 22.6 Å². The van der Waals surface area contributed by atoms with Crippen molar-refractivity contribution in [1.82, 2.24) is 19.2 Å². The van der Waals surface area contributed by atoms with E-state index < -0.39 is 9.84 Å². The zero-order valence-electron chi connectivity index (χ0n) is 16.1. The van der Waals surface area contributed by atoms with Crippen molar-refractivity contribution in [3.05, 3.63) is 33.0 Å². The minimum absolute atomic E-state index is 0.0234.